The summed E-state index contributed by atoms with van der Waals surface area (Å²) in [6, 6.07) is 47.9. The number of hydrogen-bond acceptors (Lipinski definition) is 26. The predicted octanol–water partition coefficient (Wildman–Crippen LogP) is 16.8. The molecule has 0 unspecified atom stereocenters. The van der Waals surface area contributed by atoms with Gasteiger partial charge in [-0.25, -0.2) is 19.9 Å². The minimum Gasteiger partial charge on any atom is -0.399 e. The van der Waals surface area contributed by atoms with Crippen molar-refractivity contribution in [3.8, 4) is 0 Å². The third-order valence-corrected chi connectivity index (χ3v) is 17.4. The van der Waals surface area contributed by atoms with Crippen LogP contribution in [0.5, 0.6) is 0 Å². The zero-order chi connectivity index (χ0) is 85.0. The smallest absolute Gasteiger partial charge is 0.271 e. The van der Waals surface area contributed by atoms with Crippen LogP contribution in [0, 0.1) is 47.9 Å². The molecule has 16 N–H and O–H groups in total. The van der Waals surface area contributed by atoms with E-state index in [2.05, 4.69) is 110 Å². The number of carbonyl (C=O) groups excluding carboxylic acids is 5. The molecule has 0 spiro atoms. The molecule has 0 saturated carbocycles. The summed E-state index contributed by atoms with van der Waals surface area (Å²) in [7, 11) is 6.24. The van der Waals surface area contributed by atoms with Crippen LogP contribution >= 0.6 is 58.0 Å². The monoisotopic (exact) mass is 1680 g/mol. The summed E-state index contributed by atoms with van der Waals surface area (Å²) < 4.78 is 0. The van der Waals surface area contributed by atoms with Crippen molar-refractivity contribution in [2.45, 2.75) is 27.7 Å². The van der Waals surface area contributed by atoms with Gasteiger partial charge in [-0.3, -0.25) is 44.2 Å². The van der Waals surface area contributed by atoms with Gasteiger partial charge in [0, 0.05) is 80.9 Å². The first-order valence-electron chi connectivity index (χ1n) is 34.5. The SMILES string of the molecule is C=CC(=O)Nc1ccc(C)c(Nc2ncc(Cl)c(Nc3ccccc3C(=O)NC)n2)c1.CNC(=O)c1ccccc1Nc1nc(Cl)ncc1Cl.CNC(=O)c1ccccc1Nc1nc(Nc2cc(N)ccc2C)ncc1Cl.CNC(=O)c1ccccc1Nc1nc(Nc2cc([N+](=O)[O-])ccc2C)ncc1Cl.Cc1ccc([N+](=O)[O-])cc1N. The van der Waals surface area contributed by atoms with Gasteiger partial charge in [-0.15, -0.1) is 0 Å². The van der Waals surface area contributed by atoms with Crippen molar-refractivity contribution in [1.82, 2.24) is 61.1 Å². The van der Waals surface area contributed by atoms with Crippen molar-refractivity contribution < 1.29 is 33.8 Å². The van der Waals surface area contributed by atoms with Crippen LogP contribution < -0.4 is 75.3 Å². The zero-order valence-electron chi connectivity index (χ0n) is 63.5. The average molecular weight is 1680 g/mol. The van der Waals surface area contributed by atoms with E-state index >= 15 is 0 Å². The van der Waals surface area contributed by atoms with Crippen molar-refractivity contribution in [3.05, 3.63) is 297 Å². The van der Waals surface area contributed by atoms with Gasteiger partial charge >= 0.3 is 0 Å². The number of aryl methyl sites for hydroxylation is 4. The van der Waals surface area contributed by atoms with Crippen LogP contribution in [0.15, 0.2) is 207 Å². The van der Waals surface area contributed by atoms with E-state index in [1.54, 1.807) is 163 Å². The standard InChI is InChI=1S/C22H21ClN6O2.C19H17ClN6O3.C19H19ClN6O.C12H10Cl2N4O.C7H8N2O2/c1-4-19(30)26-14-10-9-13(2)18(11-14)28-22-25-12-16(23)20(29-22)27-17-8-6-5-7-15(17)21(31)24-3;1-11-7-8-12(26(28)29)9-16(11)24-19-22-10-14(20)17(25-19)23-15-6-4-3-5-13(15)18(27)21-2;1-11-7-8-12(21)9-16(11)25-19-23-10-14(20)17(26-19)24-15-6-4-3-5-13(15)18(27)22-2;1-15-11(19)7-4-2-3-5-9(7)17-10-8(13)6-16-12(14)18-10;1-5-2-3-6(9(10)11)4-7(5)8/h4-12H,1H2,2-3H3,(H,24,31)(H,26,30)(H2,25,27,28,29);3-10H,1-2H3,(H,21,27)(H2,22,23,24,25);3-10H,21H2,1-2H3,(H,22,27)(H2,23,24,25,26);2-6H,1H3,(H,15,19)(H,16,17,18);2-4H,8H2,1H3. The third kappa shape index (κ3) is 25.3. The topological polar surface area (TPSA) is 471 Å². The number of para-hydroxylation sites is 4. The number of nitrogens with one attached hydrogen (secondary N) is 12. The van der Waals surface area contributed by atoms with Gasteiger partial charge in [0.2, 0.25) is 29.0 Å². The van der Waals surface area contributed by atoms with Crippen LogP contribution in [0.3, 0.4) is 0 Å². The second-order valence-electron chi connectivity index (χ2n) is 24.2. The minimum absolute atomic E-state index is 0.0353. The summed E-state index contributed by atoms with van der Waals surface area (Å²) >= 11 is 30.4. The maximum absolute atomic E-state index is 12.1. The molecule has 8 aromatic carbocycles. The van der Waals surface area contributed by atoms with Gasteiger partial charge in [0.25, 0.3) is 35.0 Å². The van der Waals surface area contributed by atoms with E-state index in [1.165, 1.54) is 55.1 Å². The lowest BCUT2D eigenvalue weighted by Crippen LogP contribution is -2.19. The second kappa shape index (κ2) is 42.5. The van der Waals surface area contributed by atoms with E-state index in [4.69, 9.17) is 69.5 Å². The fraction of sp³-hybridized carbons (Fsp3) is 0.101. The molecule has 117 heavy (non-hydrogen) atoms. The second-order valence-corrected chi connectivity index (χ2v) is 26.2. The molecule has 38 heteroatoms. The number of benzene rings is 8. The Bertz CT molecular complexity index is 5680. The van der Waals surface area contributed by atoms with E-state index in [0.717, 1.165) is 27.9 Å². The van der Waals surface area contributed by atoms with Crippen molar-refractivity contribution in [3.63, 3.8) is 0 Å². The Hall–Kier alpha value is -14.4. The van der Waals surface area contributed by atoms with Crippen molar-refractivity contribution in [2.75, 3.05) is 82.2 Å². The van der Waals surface area contributed by atoms with E-state index in [9.17, 15) is 44.2 Å². The third-order valence-electron chi connectivity index (χ3n) is 16.2. The Balaban J connectivity index is 0.000000188. The number of rotatable bonds is 22. The number of anilines is 17. The fourth-order valence-electron chi connectivity index (χ4n) is 9.95. The molecular formula is C79H75Cl5N24O9. The van der Waals surface area contributed by atoms with E-state index < -0.39 is 9.85 Å². The molecule has 0 fully saturated rings. The number of carbonyl (C=O) groups is 5. The van der Waals surface area contributed by atoms with Crippen LogP contribution in [0.25, 0.3) is 0 Å². The highest BCUT2D eigenvalue weighted by Gasteiger charge is 2.20. The number of nitrogens with two attached hydrogens (primary N) is 2. The molecule has 12 rings (SSSR count). The first kappa shape index (κ1) is 88.2. The quantitative estimate of drug-likeness (QED) is 0.00985. The molecule has 4 aromatic heterocycles. The number of aromatic nitrogens is 8. The Labute approximate surface area is 695 Å². The predicted molar refractivity (Wildman–Crippen MR) is 461 cm³/mol. The number of non-ortho nitro benzene ring substituents is 2. The van der Waals surface area contributed by atoms with Crippen molar-refractivity contribution >= 4 is 197 Å². The molecule has 0 radical (unpaired) electrons. The molecular weight excluding hydrogens is 1610 g/mol. The number of amides is 5. The average Bonchev–Trinajstić information content (AvgIpc) is 0.836. The number of nitro benzene ring substituents is 2. The van der Waals surface area contributed by atoms with Gasteiger partial charge in [0.1, 0.15) is 20.1 Å². The molecule has 0 atom stereocenters. The Morgan fingerprint density at radius 1 is 0.385 bits per heavy atom. The molecule has 5 amide bonds. The van der Waals surface area contributed by atoms with Crippen LogP contribution in [0.2, 0.25) is 25.4 Å². The first-order valence-corrected chi connectivity index (χ1v) is 36.4. The molecule has 0 bridgehead atoms. The molecule has 0 aliphatic heterocycles. The van der Waals surface area contributed by atoms with Crippen LogP contribution in [-0.4, -0.2) is 107 Å². The summed E-state index contributed by atoms with van der Waals surface area (Å²) in [6.45, 7) is 10.9. The van der Waals surface area contributed by atoms with Crippen molar-refractivity contribution in [2.24, 2.45) is 0 Å². The molecule has 600 valence electrons. The molecule has 4 heterocycles. The molecule has 0 aliphatic rings. The van der Waals surface area contributed by atoms with Gasteiger partial charge in [0.15, 0.2) is 23.3 Å². The molecule has 12 aromatic rings. The Morgan fingerprint density at radius 2 is 0.701 bits per heavy atom. The molecule has 0 saturated heterocycles. The molecule has 33 nitrogen and oxygen atoms in total. The van der Waals surface area contributed by atoms with Gasteiger partial charge in [-0.05, 0) is 140 Å². The van der Waals surface area contributed by atoms with Gasteiger partial charge < -0.3 is 75.3 Å². The summed E-state index contributed by atoms with van der Waals surface area (Å²) in [5, 5.41) is 57.0. The number of nitrogens with zero attached hydrogens (tertiary/aromatic N) is 10. The van der Waals surface area contributed by atoms with Crippen LogP contribution in [-0.2, 0) is 4.79 Å². The lowest BCUT2D eigenvalue weighted by atomic mass is 10.1. The number of hydrogen-bond donors (Lipinski definition) is 14. The van der Waals surface area contributed by atoms with Crippen LogP contribution in [0.1, 0.15) is 63.7 Å². The largest absolute Gasteiger partial charge is 0.399 e. The fourth-order valence-corrected chi connectivity index (χ4v) is 10.6. The van der Waals surface area contributed by atoms with E-state index in [1.807, 2.05) is 38.1 Å². The number of halogens is 5. The first-order chi connectivity index (χ1) is 56.0. The lowest BCUT2D eigenvalue weighted by molar-refractivity contribution is -0.385. The number of nitrogen functional groups attached to an aromatic ring is 2. The normalized spacial score (nSPS) is 10.2. The minimum atomic E-state index is -0.476. The van der Waals surface area contributed by atoms with Gasteiger partial charge in [-0.2, -0.15) is 19.9 Å². The summed E-state index contributed by atoms with van der Waals surface area (Å²) in [4.78, 5) is 113. The highest BCUT2D eigenvalue weighted by atomic mass is 35.5. The van der Waals surface area contributed by atoms with Gasteiger partial charge in [-0.1, -0.05) is 126 Å². The number of nitro groups is 2. The maximum atomic E-state index is 12.1. The van der Waals surface area contributed by atoms with Crippen molar-refractivity contribution in [1.29, 1.82) is 0 Å². The highest BCUT2D eigenvalue weighted by Crippen LogP contribution is 2.34. The van der Waals surface area contributed by atoms with Crippen LogP contribution in [0.4, 0.5) is 109 Å². The van der Waals surface area contributed by atoms with E-state index in [-0.39, 0.29) is 63.0 Å². The lowest BCUT2D eigenvalue weighted by Gasteiger charge is -2.14. The Morgan fingerprint density at radius 3 is 1.06 bits per heavy atom. The highest BCUT2D eigenvalue weighted by molar-refractivity contribution is 6.34. The molecule has 0 aliphatic carbocycles. The Kier molecular flexibility index (Phi) is 32.0. The summed E-state index contributed by atoms with van der Waals surface area (Å²) in [5.41, 5.74) is 22.6. The van der Waals surface area contributed by atoms with Gasteiger partial charge in [0.05, 0.1) is 85.3 Å². The zero-order valence-corrected chi connectivity index (χ0v) is 67.2. The van der Waals surface area contributed by atoms with E-state index in [0.29, 0.717) is 118 Å². The maximum Gasteiger partial charge on any atom is 0.271 e. The summed E-state index contributed by atoms with van der Waals surface area (Å²) in [6.07, 6.45) is 6.93. The summed E-state index contributed by atoms with van der Waals surface area (Å²) in [5.74, 6) is 0.961.